The van der Waals surface area contributed by atoms with Crippen molar-refractivity contribution >= 4 is 11.9 Å². The first-order valence-corrected chi connectivity index (χ1v) is 9.06. The van der Waals surface area contributed by atoms with E-state index in [1.807, 2.05) is 16.7 Å². The number of allylic oxidation sites excluding steroid dienone is 2. The first-order valence-electron chi connectivity index (χ1n) is 9.06. The van der Waals surface area contributed by atoms with Crippen LogP contribution < -0.4 is 5.32 Å². The van der Waals surface area contributed by atoms with Crippen molar-refractivity contribution in [3.63, 3.8) is 0 Å². The van der Waals surface area contributed by atoms with Crippen LogP contribution in [-0.4, -0.2) is 54.0 Å². The van der Waals surface area contributed by atoms with Crippen LogP contribution in [-0.2, 0) is 4.79 Å². The predicted molar refractivity (Wildman–Crippen MR) is 90.0 cm³/mol. The molecular weight excluding hydrogens is 290 g/mol. The van der Waals surface area contributed by atoms with Crippen LogP contribution in [0, 0.1) is 5.41 Å². The van der Waals surface area contributed by atoms with E-state index in [0.29, 0.717) is 18.4 Å². The minimum Gasteiger partial charge on any atom is -0.341 e. The summed E-state index contributed by atoms with van der Waals surface area (Å²) in [6, 6.07) is 0.0476. The maximum absolute atomic E-state index is 12.6. The molecule has 1 aliphatic carbocycles. The standard InChI is InChI=1S/C18H29N3O2/c1-15(13-20-11-5-7-16(20)22)19-17(23)21-12-6-10-18(14-21)8-3-2-4-9-18/h2-3,15H,4-14H2,1H3,(H,19,23)/t15-,18+/m1/s1. The molecule has 0 saturated carbocycles. The fourth-order valence-electron chi connectivity index (χ4n) is 4.27. The second-order valence-electron chi connectivity index (χ2n) is 7.53. The van der Waals surface area contributed by atoms with E-state index in [1.165, 1.54) is 12.8 Å². The summed E-state index contributed by atoms with van der Waals surface area (Å²) >= 11 is 0. The Bertz CT molecular complexity index is 491. The molecule has 0 aromatic rings. The van der Waals surface area contributed by atoms with Crippen LogP contribution in [0.4, 0.5) is 4.79 Å². The van der Waals surface area contributed by atoms with Crippen LogP contribution in [0.1, 0.15) is 51.9 Å². The van der Waals surface area contributed by atoms with E-state index in [9.17, 15) is 9.59 Å². The van der Waals surface area contributed by atoms with Crippen molar-refractivity contribution in [3.8, 4) is 0 Å². The third-order valence-electron chi connectivity index (χ3n) is 5.54. The molecular formula is C18H29N3O2. The zero-order valence-corrected chi connectivity index (χ0v) is 14.2. The van der Waals surface area contributed by atoms with Gasteiger partial charge >= 0.3 is 6.03 Å². The molecule has 2 atom stereocenters. The van der Waals surface area contributed by atoms with Crippen molar-refractivity contribution in [2.75, 3.05) is 26.2 Å². The Morgan fingerprint density at radius 2 is 2.17 bits per heavy atom. The molecule has 5 nitrogen and oxygen atoms in total. The van der Waals surface area contributed by atoms with E-state index < -0.39 is 0 Å². The molecule has 1 spiro atoms. The molecule has 0 aromatic heterocycles. The number of hydrogen-bond donors (Lipinski definition) is 1. The van der Waals surface area contributed by atoms with Crippen molar-refractivity contribution in [2.45, 2.75) is 57.9 Å². The predicted octanol–water partition coefficient (Wildman–Crippen LogP) is 2.53. The first kappa shape index (κ1) is 16.3. The van der Waals surface area contributed by atoms with Gasteiger partial charge in [0, 0.05) is 38.6 Å². The fourth-order valence-corrected chi connectivity index (χ4v) is 4.27. The molecule has 3 aliphatic rings. The monoisotopic (exact) mass is 319 g/mol. The molecule has 5 heteroatoms. The van der Waals surface area contributed by atoms with Crippen LogP contribution in [0.25, 0.3) is 0 Å². The SMILES string of the molecule is C[C@H](CN1CCCC1=O)NC(=O)N1CCC[C@@]2(CC=CCC2)C1. The Morgan fingerprint density at radius 1 is 1.30 bits per heavy atom. The van der Waals surface area contributed by atoms with Crippen molar-refractivity contribution < 1.29 is 9.59 Å². The minimum absolute atomic E-state index is 0.00804. The first-order chi connectivity index (χ1) is 11.1. The topological polar surface area (TPSA) is 52.7 Å². The normalized spacial score (nSPS) is 29.2. The van der Waals surface area contributed by atoms with E-state index in [0.717, 1.165) is 45.3 Å². The van der Waals surface area contributed by atoms with Gasteiger partial charge < -0.3 is 15.1 Å². The van der Waals surface area contributed by atoms with Gasteiger partial charge in [-0.05, 0) is 50.9 Å². The zero-order chi connectivity index (χ0) is 16.3. The summed E-state index contributed by atoms with van der Waals surface area (Å²) in [5.41, 5.74) is 0.304. The summed E-state index contributed by atoms with van der Waals surface area (Å²) in [6.07, 6.45) is 11.9. The molecule has 128 valence electrons. The van der Waals surface area contributed by atoms with Crippen LogP contribution in [0.5, 0.6) is 0 Å². The van der Waals surface area contributed by atoms with E-state index >= 15 is 0 Å². The molecule has 3 rings (SSSR count). The maximum Gasteiger partial charge on any atom is 0.317 e. The van der Waals surface area contributed by atoms with E-state index in [1.54, 1.807) is 0 Å². The quantitative estimate of drug-likeness (QED) is 0.813. The number of hydrogen-bond acceptors (Lipinski definition) is 2. The molecule has 2 heterocycles. The molecule has 2 aliphatic heterocycles. The molecule has 3 amide bonds. The number of carbonyl (C=O) groups is 2. The largest absolute Gasteiger partial charge is 0.341 e. The van der Waals surface area contributed by atoms with Gasteiger partial charge in [0.15, 0.2) is 0 Å². The molecule has 23 heavy (non-hydrogen) atoms. The highest BCUT2D eigenvalue weighted by atomic mass is 16.2. The van der Waals surface area contributed by atoms with Crippen molar-refractivity contribution in [1.82, 2.24) is 15.1 Å². The smallest absolute Gasteiger partial charge is 0.317 e. The lowest BCUT2D eigenvalue weighted by atomic mass is 9.71. The van der Waals surface area contributed by atoms with Crippen LogP contribution >= 0.6 is 0 Å². The Morgan fingerprint density at radius 3 is 2.87 bits per heavy atom. The Hall–Kier alpha value is -1.52. The molecule has 2 fully saturated rings. The Labute approximate surface area is 139 Å². The van der Waals surface area contributed by atoms with Crippen LogP contribution in [0.2, 0.25) is 0 Å². The maximum atomic E-state index is 12.6. The molecule has 0 unspecified atom stereocenters. The third kappa shape index (κ3) is 3.88. The number of rotatable bonds is 3. The van der Waals surface area contributed by atoms with Gasteiger partial charge in [-0.2, -0.15) is 0 Å². The summed E-state index contributed by atoms with van der Waals surface area (Å²) in [5.74, 6) is 0.219. The highest BCUT2D eigenvalue weighted by Gasteiger charge is 2.37. The summed E-state index contributed by atoms with van der Waals surface area (Å²) < 4.78 is 0. The van der Waals surface area contributed by atoms with Crippen molar-refractivity contribution in [3.05, 3.63) is 12.2 Å². The number of nitrogens with zero attached hydrogens (tertiary/aromatic N) is 2. The molecule has 0 radical (unpaired) electrons. The van der Waals surface area contributed by atoms with Gasteiger partial charge in [-0.1, -0.05) is 12.2 Å². The second kappa shape index (κ2) is 6.93. The van der Waals surface area contributed by atoms with Crippen LogP contribution in [0.3, 0.4) is 0 Å². The summed E-state index contributed by atoms with van der Waals surface area (Å²) in [6.45, 7) is 5.18. The van der Waals surface area contributed by atoms with Gasteiger partial charge in [0.1, 0.15) is 0 Å². The zero-order valence-electron chi connectivity index (χ0n) is 14.2. The van der Waals surface area contributed by atoms with Gasteiger partial charge in [-0.15, -0.1) is 0 Å². The van der Waals surface area contributed by atoms with Gasteiger partial charge in [0.05, 0.1) is 0 Å². The number of urea groups is 1. The van der Waals surface area contributed by atoms with E-state index in [2.05, 4.69) is 17.5 Å². The fraction of sp³-hybridized carbons (Fsp3) is 0.778. The van der Waals surface area contributed by atoms with Gasteiger partial charge in [-0.3, -0.25) is 4.79 Å². The van der Waals surface area contributed by atoms with E-state index in [-0.39, 0.29) is 18.0 Å². The number of nitrogens with one attached hydrogen (secondary N) is 1. The lowest BCUT2D eigenvalue weighted by Crippen LogP contribution is -2.53. The lowest BCUT2D eigenvalue weighted by molar-refractivity contribution is -0.127. The summed E-state index contributed by atoms with van der Waals surface area (Å²) in [4.78, 5) is 28.1. The number of amides is 3. The summed E-state index contributed by atoms with van der Waals surface area (Å²) in [7, 11) is 0. The number of piperidine rings is 1. The molecule has 1 N–H and O–H groups in total. The minimum atomic E-state index is 0.00804. The van der Waals surface area contributed by atoms with E-state index in [4.69, 9.17) is 0 Å². The summed E-state index contributed by atoms with van der Waals surface area (Å²) in [5, 5.41) is 3.09. The number of likely N-dealkylation sites (tertiary alicyclic amines) is 2. The molecule has 0 bridgehead atoms. The third-order valence-corrected chi connectivity index (χ3v) is 5.54. The van der Waals surface area contributed by atoms with Gasteiger partial charge in [0.2, 0.25) is 5.91 Å². The average Bonchev–Trinajstić information content (AvgIpc) is 2.93. The highest BCUT2D eigenvalue weighted by molar-refractivity contribution is 5.78. The van der Waals surface area contributed by atoms with Gasteiger partial charge in [-0.25, -0.2) is 4.79 Å². The molecule has 2 saturated heterocycles. The molecule has 0 aromatic carbocycles. The number of carbonyl (C=O) groups excluding carboxylic acids is 2. The van der Waals surface area contributed by atoms with Gasteiger partial charge in [0.25, 0.3) is 0 Å². The second-order valence-corrected chi connectivity index (χ2v) is 7.53. The van der Waals surface area contributed by atoms with Crippen molar-refractivity contribution in [2.24, 2.45) is 5.41 Å². The lowest BCUT2D eigenvalue weighted by Gasteiger charge is -2.44. The Kier molecular flexibility index (Phi) is 4.93. The Balaban J connectivity index is 1.51. The van der Waals surface area contributed by atoms with Crippen LogP contribution in [0.15, 0.2) is 12.2 Å². The van der Waals surface area contributed by atoms with Crippen molar-refractivity contribution in [1.29, 1.82) is 0 Å². The average molecular weight is 319 g/mol. The highest BCUT2D eigenvalue weighted by Crippen LogP contribution is 2.40.